The number of amides is 1. The van der Waals surface area contributed by atoms with Crippen LogP contribution in [0.25, 0.3) is 6.08 Å². The highest BCUT2D eigenvalue weighted by molar-refractivity contribution is 6.01. The average Bonchev–Trinajstić information content (AvgIpc) is 2.61. The first-order valence-electron chi connectivity index (χ1n) is 8.61. The second-order valence-corrected chi connectivity index (χ2v) is 6.50. The van der Waals surface area contributed by atoms with E-state index < -0.39 is 11.6 Å². The lowest BCUT2D eigenvalue weighted by Gasteiger charge is -2.43. The van der Waals surface area contributed by atoms with Crippen molar-refractivity contribution in [3.05, 3.63) is 35.4 Å². The van der Waals surface area contributed by atoms with Gasteiger partial charge in [-0.25, -0.2) is 9.59 Å². The predicted molar refractivity (Wildman–Crippen MR) is 93.2 cm³/mol. The van der Waals surface area contributed by atoms with Crippen molar-refractivity contribution in [1.82, 2.24) is 4.90 Å². The third-order valence-electron chi connectivity index (χ3n) is 4.73. The zero-order valence-corrected chi connectivity index (χ0v) is 14.6. The van der Waals surface area contributed by atoms with Gasteiger partial charge in [-0.05, 0) is 30.7 Å². The third-order valence-corrected chi connectivity index (χ3v) is 4.73. The summed E-state index contributed by atoms with van der Waals surface area (Å²) in [6, 6.07) is 5.07. The monoisotopic (exact) mass is 359 g/mol. The summed E-state index contributed by atoms with van der Waals surface area (Å²) in [5.74, 6) is -0.558. The van der Waals surface area contributed by atoms with Crippen LogP contribution in [0.5, 0.6) is 5.75 Å². The summed E-state index contributed by atoms with van der Waals surface area (Å²) in [6.07, 6.45) is 3.53. The minimum atomic E-state index is -1.04. The normalized spacial score (nSPS) is 18.5. The number of fused-ring (bicyclic) bond motifs is 1. The van der Waals surface area contributed by atoms with Crippen molar-refractivity contribution in [2.24, 2.45) is 0 Å². The largest absolute Gasteiger partial charge is 0.486 e. The van der Waals surface area contributed by atoms with Gasteiger partial charge < -0.3 is 19.5 Å². The second-order valence-electron chi connectivity index (χ2n) is 6.50. The zero-order valence-electron chi connectivity index (χ0n) is 14.6. The molecular formula is C19H21NO6. The number of piperidine rings is 1. The number of carbonyl (C=O) groups excluding carboxylic acids is 2. The summed E-state index contributed by atoms with van der Waals surface area (Å²) in [7, 11) is 0. The fraction of sp³-hybridized carbons (Fsp3) is 0.421. The SMILES string of the molecule is CCOC(=O)N1CCC2(CC1)CC(=O)c1cc(/C=C/C(=O)O)ccc1O2. The number of carbonyl (C=O) groups is 3. The molecule has 26 heavy (non-hydrogen) atoms. The van der Waals surface area contributed by atoms with Gasteiger partial charge in [0.1, 0.15) is 11.4 Å². The molecule has 1 amide bonds. The van der Waals surface area contributed by atoms with Crippen molar-refractivity contribution in [1.29, 1.82) is 0 Å². The minimum absolute atomic E-state index is 0.0265. The molecule has 7 nitrogen and oxygen atoms in total. The number of likely N-dealkylation sites (tertiary alicyclic amines) is 1. The number of carboxylic acids is 1. The van der Waals surface area contributed by atoms with E-state index >= 15 is 0 Å². The molecule has 0 unspecified atom stereocenters. The van der Waals surface area contributed by atoms with E-state index in [0.717, 1.165) is 6.08 Å². The molecule has 2 aliphatic heterocycles. The fourth-order valence-corrected chi connectivity index (χ4v) is 3.37. The fourth-order valence-electron chi connectivity index (χ4n) is 3.37. The van der Waals surface area contributed by atoms with Crippen molar-refractivity contribution in [3.63, 3.8) is 0 Å². The number of nitrogens with zero attached hydrogens (tertiary/aromatic N) is 1. The van der Waals surface area contributed by atoms with Crippen molar-refractivity contribution < 1.29 is 29.0 Å². The van der Waals surface area contributed by atoms with Crippen LogP contribution in [0.4, 0.5) is 4.79 Å². The van der Waals surface area contributed by atoms with Gasteiger partial charge in [0, 0.05) is 32.0 Å². The molecule has 0 atom stereocenters. The Hall–Kier alpha value is -2.83. The summed E-state index contributed by atoms with van der Waals surface area (Å²) in [5, 5.41) is 8.71. The number of hydrogen-bond acceptors (Lipinski definition) is 5. The highest BCUT2D eigenvalue weighted by Gasteiger charge is 2.43. The Bertz CT molecular complexity index is 761. The number of aliphatic carboxylic acids is 1. The molecule has 3 rings (SSSR count). The van der Waals surface area contributed by atoms with Gasteiger partial charge in [-0.3, -0.25) is 4.79 Å². The Morgan fingerprint density at radius 1 is 1.35 bits per heavy atom. The first-order valence-corrected chi connectivity index (χ1v) is 8.61. The molecule has 7 heteroatoms. The first-order chi connectivity index (χ1) is 12.4. The minimum Gasteiger partial charge on any atom is -0.486 e. The number of ketones is 1. The molecule has 0 aliphatic carbocycles. The van der Waals surface area contributed by atoms with Gasteiger partial charge in [0.2, 0.25) is 0 Å². The maximum Gasteiger partial charge on any atom is 0.409 e. The Balaban J connectivity index is 1.73. The van der Waals surface area contributed by atoms with E-state index in [2.05, 4.69) is 0 Å². The molecule has 1 aromatic carbocycles. The molecule has 0 radical (unpaired) electrons. The smallest absolute Gasteiger partial charge is 0.409 e. The van der Waals surface area contributed by atoms with Crippen LogP contribution < -0.4 is 4.74 Å². The topological polar surface area (TPSA) is 93.1 Å². The second kappa shape index (κ2) is 7.19. The molecule has 1 spiro atoms. The van der Waals surface area contributed by atoms with Crippen LogP contribution in [-0.2, 0) is 9.53 Å². The maximum atomic E-state index is 12.6. The van der Waals surface area contributed by atoms with Gasteiger partial charge in [0.15, 0.2) is 5.78 Å². The number of carboxylic acid groups (broad SMARTS) is 1. The van der Waals surface area contributed by atoms with Gasteiger partial charge in [0.05, 0.1) is 18.6 Å². The van der Waals surface area contributed by atoms with Crippen LogP contribution >= 0.6 is 0 Å². The Morgan fingerprint density at radius 3 is 2.73 bits per heavy atom. The molecule has 0 saturated carbocycles. The van der Waals surface area contributed by atoms with E-state index in [1.807, 2.05) is 0 Å². The number of hydrogen-bond donors (Lipinski definition) is 1. The number of rotatable bonds is 3. The summed E-state index contributed by atoms with van der Waals surface area (Å²) < 4.78 is 11.2. The Kier molecular flexibility index (Phi) is 4.97. The Labute approximate surface area is 151 Å². The van der Waals surface area contributed by atoms with Crippen LogP contribution in [0.1, 0.15) is 42.1 Å². The maximum absolute atomic E-state index is 12.6. The number of benzene rings is 1. The summed E-state index contributed by atoms with van der Waals surface area (Å²) >= 11 is 0. The average molecular weight is 359 g/mol. The van der Waals surface area contributed by atoms with E-state index in [4.69, 9.17) is 14.6 Å². The molecule has 1 saturated heterocycles. The van der Waals surface area contributed by atoms with Crippen molar-refractivity contribution in [2.45, 2.75) is 31.8 Å². The van der Waals surface area contributed by atoms with Crippen LogP contribution in [0.2, 0.25) is 0 Å². The third kappa shape index (κ3) is 3.71. The lowest BCUT2D eigenvalue weighted by molar-refractivity contribution is -0.131. The van der Waals surface area contributed by atoms with Crippen LogP contribution in [0, 0.1) is 0 Å². The van der Waals surface area contributed by atoms with Crippen LogP contribution in [0.15, 0.2) is 24.3 Å². The quantitative estimate of drug-likeness (QED) is 0.834. The summed E-state index contributed by atoms with van der Waals surface area (Å²) in [5.41, 5.74) is 0.512. The Morgan fingerprint density at radius 2 is 2.08 bits per heavy atom. The molecule has 1 N–H and O–H groups in total. The molecule has 138 valence electrons. The van der Waals surface area contributed by atoms with Gasteiger partial charge in [-0.2, -0.15) is 0 Å². The van der Waals surface area contributed by atoms with Crippen molar-refractivity contribution in [2.75, 3.05) is 19.7 Å². The standard InChI is InChI=1S/C19H21NO6/c1-2-25-18(24)20-9-7-19(8-10-20)12-15(21)14-11-13(4-6-17(22)23)3-5-16(14)26-19/h3-6,11H,2,7-10,12H2,1H3,(H,22,23)/b6-4+. The number of Topliss-reactive ketones (excluding diaryl/α,β-unsaturated/α-hetero) is 1. The lowest BCUT2D eigenvalue weighted by Crippen LogP contribution is -2.52. The molecule has 0 aromatic heterocycles. The first kappa shape index (κ1) is 18.0. The zero-order chi connectivity index (χ0) is 18.7. The molecule has 0 bridgehead atoms. The van der Waals surface area contributed by atoms with E-state index in [9.17, 15) is 14.4 Å². The van der Waals surface area contributed by atoms with Crippen molar-refractivity contribution >= 4 is 23.9 Å². The van der Waals surface area contributed by atoms with Crippen LogP contribution in [0.3, 0.4) is 0 Å². The summed E-state index contributed by atoms with van der Waals surface area (Å²) in [4.78, 5) is 36.7. The molecule has 1 fully saturated rings. The summed E-state index contributed by atoms with van der Waals surface area (Å²) in [6.45, 7) is 3.08. The van der Waals surface area contributed by atoms with Crippen LogP contribution in [-0.4, -0.2) is 53.1 Å². The van der Waals surface area contributed by atoms with E-state index in [1.165, 1.54) is 6.08 Å². The highest BCUT2D eigenvalue weighted by Crippen LogP contribution is 2.39. The molecular weight excluding hydrogens is 338 g/mol. The van der Waals surface area contributed by atoms with E-state index in [0.29, 0.717) is 49.4 Å². The van der Waals surface area contributed by atoms with Gasteiger partial charge in [0.25, 0.3) is 0 Å². The predicted octanol–water partition coefficient (Wildman–Crippen LogP) is 2.74. The lowest BCUT2D eigenvalue weighted by atomic mass is 9.82. The van der Waals surface area contributed by atoms with E-state index in [-0.39, 0.29) is 18.3 Å². The van der Waals surface area contributed by atoms with Gasteiger partial charge in [-0.15, -0.1) is 0 Å². The van der Waals surface area contributed by atoms with Gasteiger partial charge in [-0.1, -0.05) is 6.07 Å². The van der Waals surface area contributed by atoms with Crippen molar-refractivity contribution in [3.8, 4) is 5.75 Å². The molecule has 2 heterocycles. The molecule has 1 aromatic rings. The highest BCUT2D eigenvalue weighted by atomic mass is 16.6. The van der Waals surface area contributed by atoms with E-state index in [1.54, 1.807) is 30.0 Å². The molecule has 2 aliphatic rings. The van der Waals surface area contributed by atoms with Gasteiger partial charge >= 0.3 is 12.1 Å². The number of ether oxygens (including phenoxy) is 2.